The predicted octanol–water partition coefficient (Wildman–Crippen LogP) is 2.40. The first-order valence-corrected chi connectivity index (χ1v) is 8.35. The number of benzene rings is 1. The van der Waals surface area contributed by atoms with Gasteiger partial charge < -0.3 is 5.32 Å². The van der Waals surface area contributed by atoms with Crippen LogP contribution in [0.25, 0.3) is 10.9 Å². The van der Waals surface area contributed by atoms with Gasteiger partial charge in [-0.3, -0.25) is 14.2 Å². The molecule has 122 valence electrons. The first kappa shape index (κ1) is 15.7. The van der Waals surface area contributed by atoms with E-state index >= 15 is 0 Å². The van der Waals surface area contributed by atoms with Crippen LogP contribution >= 0.6 is 0 Å². The van der Waals surface area contributed by atoms with Crippen molar-refractivity contribution in [1.29, 1.82) is 0 Å². The fourth-order valence-corrected chi connectivity index (χ4v) is 3.09. The standard InChI is InChI=1S/C18H23N3O2/c1-3-13-11-16(13)20-17(22)9-6-10-21-12(2)19-15-8-5-4-7-14(15)18(21)23/h4-5,7-8,13,16H,3,6,9-11H2,1-2H3,(H,20,22)/t13-,16+/m0/s1. The summed E-state index contributed by atoms with van der Waals surface area (Å²) in [7, 11) is 0. The minimum Gasteiger partial charge on any atom is -0.353 e. The number of rotatable bonds is 6. The summed E-state index contributed by atoms with van der Waals surface area (Å²) in [6.07, 6.45) is 3.33. The van der Waals surface area contributed by atoms with E-state index in [1.807, 2.05) is 25.1 Å². The van der Waals surface area contributed by atoms with E-state index in [9.17, 15) is 9.59 Å². The van der Waals surface area contributed by atoms with E-state index in [4.69, 9.17) is 0 Å². The maximum Gasteiger partial charge on any atom is 0.261 e. The van der Waals surface area contributed by atoms with Gasteiger partial charge >= 0.3 is 0 Å². The predicted molar refractivity (Wildman–Crippen MR) is 90.3 cm³/mol. The molecule has 0 spiro atoms. The summed E-state index contributed by atoms with van der Waals surface area (Å²) < 4.78 is 1.67. The molecule has 1 aliphatic rings. The topological polar surface area (TPSA) is 64.0 Å². The molecule has 5 heteroatoms. The van der Waals surface area contributed by atoms with Crippen LogP contribution in [0.15, 0.2) is 29.1 Å². The van der Waals surface area contributed by atoms with Crippen LogP contribution in [0.3, 0.4) is 0 Å². The average molecular weight is 313 g/mol. The number of nitrogens with one attached hydrogen (secondary N) is 1. The molecule has 0 radical (unpaired) electrons. The van der Waals surface area contributed by atoms with Crippen molar-refractivity contribution in [2.45, 2.75) is 52.1 Å². The number of carbonyl (C=O) groups excluding carboxylic acids is 1. The molecule has 1 aromatic heterocycles. The Bertz CT molecular complexity index is 781. The van der Waals surface area contributed by atoms with Gasteiger partial charge in [0.05, 0.1) is 10.9 Å². The molecule has 0 bridgehead atoms. The Morgan fingerprint density at radius 1 is 1.39 bits per heavy atom. The third-order valence-electron chi connectivity index (χ3n) is 4.63. The van der Waals surface area contributed by atoms with Gasteiger partial charge in [0.25, 0.3) is 5.56 Å². The summed E-state index contributed by atoms with van der Waals surface area (Å²) in [6.45, 7) is 4.51. The second-order valence-corrected chi connectivity index (χ2v) is 6.31. The summed E-state index contributed by atoms with van der Waals surface area (Å²) >= 11 is 0. The van der Waals surface area contributed by atoms with Gasteiger partial charge in [-0.15, -0.1) is 0 Å². The van der Waals surface area contributed by atoms with Crippen molar-refractivity contribution in [2.24, 2.45) is 5.92 Å². The number of hydrogen-bond acceptors (Lipinski definition) is 3. The molecule has 2 aromatic rings. The lowest BCUT2D eigenvalue weighted by Crippen LogP contribution is -2.28. The van der Waals surface area contributed by atoms with Crippen LogP contribution in [0.1, 0.15) is 38.4 Å². The second kappa shape index (κ2) is 6.52. The van der Waals surface area contributed by atoms with Crippen molar-refractivity contribution < 1.29 is 4.79 Å². The normalized spacial score (nSPS) is 19.7. The number of para-hydroxylation sites is 1. The smallest absolute Gasteiger partial charge is 0.261 e. The Kier molecular flexibility index (Phi) is 4.46. The van der Waals surface area contributed by atoms with Crippen molar-refractivity contribution in [2.75, 3.05) is 0 Å². The molecule has 1 saturated carbocycles. The number of aryl methyl sites for hydroxylation is 1. The first-order valence-electron chi connectivity index (χ1n) is 8.35. The van der Waals surface area contributed by atoms with Crippen molar-refractivity contribution in [1.82, 2.24) is 14.9 Å². The van der Waals surface area contributed by atoms with Crippen LogP contribution in [0.2, 0.25) is 0 Å². The number of carbonyl (C=O) groups is 1. The highest BCUT2D eigenvalue weighted by molar-refractivity contribution is 5.77. The average Bonchev–Trinajstić information content (AvgIpc) is 3.28. The van der Waals surface area contributed by atoms with Gasteiger partial charge in [0, 0.05) is 19.0 Å². The Hall–Kier alpha value is -2.17. The first-order chi connectivity index (χ1) is 11.1. The van der Waals surface area contributed by atoms with Gasteiger partial charge in [-0.25, -0.2) is 4.98 Å². The molecule has 0 saturated heterocycles. The van der Waals surface area contributed by atoms with E-state index in [1.54, 1.807) is 10.6 Å². The third kappa shape index (κ3) is 3.44. The van der Waals surface area contributed by atoms with Crippen molar-refractivity contribution in [3.8, 4) is 0 Å². The maximum absolute atomic E-state index is 12.5. The van der Waals surface area contributed by atoms with E-state index < -0.39 is 0 Å². The molecule has 0 unspecified atom stereocenters. The van der Waals surface area contributed by atoms with E-state index in [1.165, 1.54) is 0 Å². The number of nitrogens with zero attached hydrogens (tertiary/aromatic N) is 2. The monoisotopic (exact) mass is 313 g/mol. The summed E-state index contributed by atoms with van der Waals surface area (Å²) in [5, 5.41) is 3.69. The van der Waals surface area contributed by atoms with Crippen LogP contribution in [0.5, 0.6) is 0 Å². The molecule has 5 nitrogen and oxygen atoms in total. The molecule has 1 amide bonds. The summed E-state index contributed by atoms with van der Waals surface area (Å²) in [5.74, 6) is 1.45. The zero-order chi connectivity index (χ0) is 16.4. The number of aromatic nitrogens is 2. The van der Waals surface area contributed by atoms with Crippen LogP contribution in [0.4, 0.5) is 0 Å². The Balaban J connectivity index is 1.61. The van der Waals surface area contributed by atoms with Gasteiger partial charge in [-0.1, -0.05) is 25.5 Å². The molecular formula is C18H23N3O2. The molecule has 0 aliphatic heterocycles. The molecule has 1 heterocycles. The summed E-state index contributed by atoms with van der Waals surface area (Å²) in [4.78, 5) is 28.9. The molecule has 1 aromatic carbocycles. The van der Waals surface area contributed by atoms with Gasteiger partial charge in [-0.05, 0) is 37.8 Å². The summed E-state index contributed by atoms with van der Waals surface area (Å²) in [5.41, 5.74) is 0.699. The molecule has 2 atom stereocenters. The molecule has 3 rings (SSSR count). The highest BCUT2D eigenvalue weighted by Crippen LogP contribution is 2.33. The lowest BCUT2D eigenvalue weighted by atomic mass is 10.2. The van der Waals surface area contributed by atoms with Crippen molar-refractivity contribution >= 4 is 16.8 Å². The maximum atomic E-state index is 12.5. The third-order valence-corrected chi connectivity index (χ3v) is 4.63. The van der Waals surface area contributed by atoms with E-state index in [0.29, 0.717) is 42.6 Å². The van der Waals surface area contributed by atoms with E-state index in [-0.39, 0.29) is 11.5 Å². The van der Waals surface area contributed by atoms with Crippen LogP contribution < -0.4 is 10.9 Å². The van der Waals surface area contributed by atoms with Gasteiger partial charge in [-0.2, -0.15) is 0 Å². The van der Waals surface area contributed by atoms with Crippen LogP contribution in [-0.2, 0) is 11.3 Å². The minimum absolute atomic E-state index is 0.0262. The van der Waals surface area contributed by atoms with Crippen molar-refractivity contribution in [3.05, 3.63) is 40.4 Å². The molecule has 1 aliphatic carbocycles. The fourth-order valence-electron chi connectivity index (χ4n) is 3.09. The largest absolute Gasteiger partial charge is 0.353 e. The number of fused-ring (bicyclic) bond motifs is 1. The quantitative estimate of drug-likeness (QED) is 0.890. The number of hydrogen-bond donors (Lipinski definition) is 1. The SMILES string of the molecule is CC[C@H]1C[C@H]1NC(=O)CCCn1c(C)nc2ccccc2c1=O. The Labute approximate surface area is 135 Å². The molecule has 1 N–H and O–H groups in total. The molecular weight excluding hydrogens is 290 g/mol. The van der Waals surface area contributed by atoms with Gasteiger partial charge in [0.2, 0.25) is 5.91 Å². The highest BCUT2D eigenvalue weighted by atomic mass is 16.1. The van der Waals surface area contributed by atoms with Gasteiger partial charge in [0.1, 0.15) is 5.82 Å². The Morgan fingerprint density at radius 2 is 2.17 bits per heavy atom. The Morgan fingerprint density at radius 3 is 2.91 bits per heavy atom. The van der Waals surface area contributed by atoms with Crippen LogP contribution in [0, 0.1) is 12.8 Å². The van der Waals surface area contributed by atoms with E-state index in [0.717, 1.165) is 18.4 Å². The number of amides is 1. The summed E-state index contributed by atoms with van der Waals surface area (Å²) in [6, 6.07) is 7.74. The van der Waals surface area contributed by atoms with Gasteiger partial charge in [0.15, 0.2) is 0 Å². The van der Waals surface area contributed by atoms with Crippen LogP contribution in [-0.4, -0.2) is 21.5 Å². The zero-order valence-electron chi connectivity index (χ0n) is 13.7. The lowest BCUT2D eigenvalue weighted by molar-refractivity contribution is -0.121. The molecule has 1 fully saturated rings. The zero-order valence-corrected chi connectivity index (χ0v) is 13.7. The fraction of sp³-hybridized carbons (Fsp3) is 0.500. The van der Waals surface area contributed by atoms with Crippen molar-refractivity contribution in [3.63, 3.8) is 0 Å². The van der Waals surface area contributed by atoms with E-state index in [2.05, 4.69) is 17.2 Å². The highest BCUT2D eigenvalue weighted by Gasteiger charge is 2.36. The lowest BCUT2D eigenvalue weighted by Gasteiger charge is -2.10. The second-order valence-electron chi connectivity index (χ2n) is 6.31. The minimum atomic E-state index is -0.0262. The molecule has 23 heavy (non-hydrogen) atoms.